The van der Waals surface area contributed by atoms with Gasteiger partial charge in [0.05, 0.1) is 5.69 Å². The zero-order valence-corrected chi connectivity index (χ0v) is 24.3. The summed E-state index contributed by atoms with van der Waals surface area (Å²) in [7, 11) is -2.63. The number of anilines is 2. The van der Waals surface area contributed by atoms with Gasteiger partial charge < -0.3 is 4.90 Å². The fourth-order valence-electron chi connectivity index (χ4n) is 6.12. The fourth-order valence-corrected chi connectivity index (χ4v) is 10.9. The number of para-hydroxylation sites is 1. The molecule has 0 radical (unpaired) electrons. The van der Waals surface area contributed by atoms with Crippen molar-refractivity contribution in [2.45, 2.75) is 0 Å². The molecular weight excluding hydrogens is 527 g/mol. The predicted octanol–water partition coefficient (Wildman–Crippen LogP) is 5.71. The summed E-state index contributed by atoms with van der Waals surface area (Å²) in [5.41, 5.74) is 3.31. The minimum absolute atomic E-state index is 0.633. The Labute approximate surface area is 248 Å². The highest BCUT2D eigenvalue weighted by Gasteiger charge is 2.41. The molecule has 1 aliphatic heterocycles. The highest BCUT2D eigenvalue weighted by Crippen LogP contribution is 2.27. The molecule has 0 amide bonds. The van der Waals surface area contributed by atoms with Crippen molar-refractivity contribution in [3.8, 4) is 0 Å². The van der Waals surface area contributed by atoms with Gasteiger partial charge in [-0.15, -0.1) is 0 Å². The molecule has 7 rings (SSSR count). The zero-order chi connectivity index (χ0) is 28.2. The Kier molecular flexibility index (Phi) is 6.96. The molecule has 0 N–H and O–H groups in total. The Morgan fingerprint density at radius 3 is 1.38 bits per heavy atom. The van der Waals surface area contributed by atoms with Crippen molar-refractivity contribution in [1.82, 2.24) is 0 Å². The highest BCUT2D eigenvalue weighted by molar-refractivity contribution is 7.19. The lowest BCUT2D eigenvalue weighted by Crippen LogP contribution is -2.74. The van der Waals surface area contributed by atoms with Gasteiger partial charge >= 0.3 is 0 Å². The van der Waals surface area contributed by atoms with Gasteiger partial charge in [-0.05, 0) is 45.0 Å². The monoisotopic (exact) mass is 557 g/mol. The number of hydrogen-bond donors (Lipinski definition) is 0. The summed E-state index contributed by atoms with van der Waals surface area (Å²) in [6.07, 6.45) is 0. The van der Waals surface area contributed by atoms with Gasteiger partial charge in [0, 0.05) is 11.3 Å². The molecule has 6 aromatic carbocycles. The van der Waals surface area contributed by atoms with Crippen LogP contribution in [0.3, 0.4) is 0 Å². The van der Waals surface area contributed by atoms with Gasteiger partial charge in [-0.3, -0.25) is 0 Å². The number of nitrogens with zero attached hydrogens (tertiary/aromatic N) is 3. The Hall–Kier alpha value is -5.19. The Bertz CT molecular complexity index is 1690. The minimum Gasteiger partial charge on any atom is -0.304 e. The predicted molar refractivity (Wildman–Crippen MR) is 179 cm³/mol. The first kappa shape index (κ1) is 25.8. The second kappa shape index (κ2) is 11.4. The van der Waals surface area contributed by atoms with Gasteiger partial charge in [0.25, 0.3) is 0 Å². The van der Waals surface area contributed by atoms with Gasteiger partial charge in [0.1, 0.15) is 6.67 Å². The van der Waals surface area contributed by atoms with Crippen LogP contribution < -0.4 is 30.7 Å². The van der Waals surface area contributed by atoms with Crippen molar-refractivity contribution in [1.29, 1.82) is 0 Å². The molecule has 0 bridgehead atoms. The van der Waals surface area contributed by atoms with Crippen LogP contribution in [0.25, 0.3) is 0 Å². The summed E-state index contributed by atoms with van der Waals surface area (Å²) in [5, 5.41) is 12.8. The molecule has 4 heteroatoms. The lowest BCUT2D eigenvalue weighted by molar-refractivity contribution is 0.913. The number of amidine groups is 1. The fraction of sp³-hybridized carbons (Fsp3) is 0.0263. The molecule has 6 aromatic rings. The average Bonchev–Trinajstić information content (AvgIpc) is 3.54. The maximum Gasteiger partial charge on any atom is 0.179 e. The maximum atomic E-state index is 5.22. The number of rotatable bonds is 7. The van der Waals surface area contributed by atoms with Crippen molar-refractivity contribution in [3.05, 3.63) is 181 Å². The van der Waals surface area contributed by atoms with Gasteiger partial charge in [0.2, 0.25) is 0 Å². The van der Waals surface area contributed by atoms with E-state index < -0.39 is 8.07 Å². The van der Waals surface area contributed by atoms with Crippen LogP contribution in [-0.4, -0.2) is 20.6 Å². The molecule has 0 fully saturated rings. The molecule has 3 nitrogen and oxygen atoms in total. The van der Waals surface area contributed by atoms with Crippen molar-refractivity contribution in [2.24, 2.45) is 5.10 Å². The SMILES string of the molecule is c1ccc(C2=NN(c3cccc([Si](c4ccccc4)(c4ccccc4)c4ccccc4)c3)CN2c2ccccc2)cc1. The maximum absolute atomic E-state index is 5.22. The van der Waals surface area contributed by atoms with E-state index in [-0.39, 0.29) is 0 Å². The third kappa shape index (κ3) is 4.62. The highest BCUT2D eigenvalue weighted by atomic mass is 28.3. The molecule has 0 atom stereocenters. The van der Waals surface area contributed by atoms with E-state index >= 15 is 0 Å². The lowest BCUT2D eigenvalue weighted by Gasteiger charge is -2.35. The molecule has 0 spiro atoms. The second-order valence-corrected chi connectivity index (χ2v) is 14.3. The molecule has 0 saturated carbocycles. The third-order valence-electron chi connectivity index (χ3n) is 8.04. The van der Waals surface area contributed by atoms with E-state index in [0.29, 0.717) is 6.67 Å². The summed E-state index contributed by atoms with van der Waals surface area (Å²) < 4.78 is 0. The number of benzene rings is 6. The average molecular weight is 558 g/mol. The molecular formula is C38H31N3Si. The first-order valence-corrected chi connectivity index (χ1v) is 16.4. The van der Waals surface area contributed by atoms with Gasteiger partial charge in [0.15, 0.2) is 13.9 Å². The van der Waals surface area contributed by atoms with Gasteiger partial charge in [-0.2, -0.15) is 5.10 Å². The topological polar surface area (TPSA) is 18.8 Å². The van der Waals surface area contributed by atoms with E-state index in [4.69, 9.17) is 5.10 Å². The second-order valence-electron chi connectivity index (χ2n) is 10.5. The molecule has 0 aromatic heterocycles. The van der Waals surface area contributed by atoms with E-state index in [9.17, 15) is 0 Å². The van der Waals surface area contributed by atoms with Gasteiger partial charge in [-0.25, -0.2) is 5.01 Å². The summed E-state index contributed by atoms with van der Waals surface area (Å²) in [5.74, 6) is 0.949. The van der Waals surface area contributed by atoms with Crippen LogP contribution in [0.2, 0.25) is 0 Å². The van der Waals surface area contributed by atoms with E-state index in [0.717, 1.165) is 22.8 Å². The standard InChI is InChI=1S/C38H31N3Si/c1-6-17-31(18-7-1)38-39-41(30-40(38)32-19-8-2-9-20-32)33-21-16-28-37(29-33)42(34-22-10-3-11-23-34,35-24-12-4-13-25-35)36-26-14-5-15-27-36/h1-29H,30H2. The molecule has 1 aliphatic rings. The minimum atomic E-state index is -2.63. The van der Waals surface area contributed by atoms with Crippen LogP contribution in [0.1, 0.15) is 5.56 Å². The van der Waals surface area contributed by atoms with Crippen molar-refractivity contribution in [2.75, 3.05) is 16.6 Å². The number of hydrogen-bond acceptors (Lipinski definition) is 3. The summed E-state index contributed by atoms with van der Waals surface area (Å²) in [4.78, 5) is 2.29. The van der Waals surface area contributed by atoms with Crippen LogP contribution in [0.15, 0.2) is 181 Å². The number of hydrazone groups is 1. The molecule has 0 unspecified atom stereocenters. The third-order valence-corrected chi connectivity index (χ3v) is 12.8. The first-order chi connectivity index (χ1) is 20.8. The van der Waals surface area contributed by atoms with E-state index in [2.05, 4.69) is 180 Å². The van der Waals surface area contributed by atoms with Crippen LogP contribution in [-0.2, 0) is 0 Å². The smallest absolute Gasteiger partial charge is 0.179 e. The van der Waals surface area contributed by atoms with E-state index in [1.807, 2.05) is 6.07 Å². The molecule has 0 saturated heterocycles. The molecule has 0 aliphatic carbocycles. The summed E-state index contributed by atoms with van der Waals surface area (Å²) >= 11 is 0. The molecule has 1 heterocycles. The van der Waals surface area contributed by atoms with Crippen molar-refractivity contribution in [3.63, 3.8) is 0 Å². The first-order valence-electron chi connectivity index (χ1n) is 14.4. The lowest BCUT2D eigenvalue weighted by atomic mass is 10.2. The summed E-state index contributed by atoms with van der Waals surface area (Å²) in [6, 6.07) is 63.2. The largest absolute Gasteiger partial charge is 0.304 e. The zero-order valence-electron chi connectivity index (χ0n) is 23.3. The quantitative estimate of drug-likeness (QED) is 0.185. The Balaban J connectivity index is 1.40. The molecule has 202 valence electrons. The normalized spacial score (nSPS) is 13.2. The Morgan fingerprint density at radius 2 is 0.857 bits per heavy atom. The van der Waals surface area contributed by atoms with Gasteiger partial charge in [-0.1, -0.05) is 152 Å². The van der Waals surface area contributed by atoms with E-state index in [1.54, 1.807) is 0 Å². The van der Waals surface area contributed by atoms with Crippen molar-refractivity contribution >= 4 is 46.0 Å². The van der Waals surface area contributed by atoms with Crippen LogP contribution in [0.4, 0.5) is 11.4 Å². The molecule has 42 heavy (non-hydrogen) atoms. The van der Waals surface area contributed by atoms with Crippen LogP contribution in [0.5, 0.6) is 0 Å². The summed E-state index contributed by atoms with van der Waals surface area (Å²) in [6.45, 7) is 0.633. The Morgan fingerprint density at radius 1 is 0.429 bits per heavy atom. The van der Waals surface area contributed by atoms with Crippen molar-refractivity contribution < 1.29 is 0 Å². The van der Waals surface area contributed by atoms with Crippen LogP contribution in [0, 0.1) is 0 Å². The van der Waals surface area contributed by atoms with Crippen LogP contribution >= 0.6 is 0 Å². The van der Waals surface area contributed by atoms with E-state index in [1.165, 1.54) is 20.7 Å².